The van der Waals surface area contributed by atoms with Crippen molar-refractivity contribution in [2.45, 2.75) is 23.3 Å². The Morgan fingerprint density at radius 1 is 1.00 bits per heavy atom. The molecule has 0 bridgehead atoms. The second-order valence-corrected chi connectivity index (χ2v) is 8.10. The SMILES string of the molecule is NS(=O)(=O)c1ccc(C2=CC3(CCNCC3)Oc3ccccc32)cc1. The van der Waals surface area contributed by atoms with Gasteiger partial charge < -0.3 is 10.1 Å². The summed E-state index contributed by atoms with van der Waals surface area (Å²) >= 11 is 0. The van der Waals surface area contributed by atoms with Crippen LogP contribution in [0.3, 0.4) is 0 Å². The molecule has 2 heterocycles. The van der Waals surface area contributed by atoms with Crippen molar-refractivity contribution < 1.29 is 13.2 Å². The van der Waals surface area contributed by atoms with Gasteiger partial charge in [0, 0.05) is 18.4 Å². The number of benzene rings is 2. The summed E-state index contributed by atoms with van der Waals surface area (Å²) < 4.78 is 29.4. The minimum absolute atomic E-state index is 0.119. The van der Waals surface area contributed by atoms with Crippen molar-refractivity contribution in [1.29, 1.82) is 0 Å². The first-order chi connectivity index (χ1) is 12.0. The maximum atomic E-state index is 11.5. The van der Waals surface area contributed by atoms with E-state index < -0.39 is 10.0 Å². The molecule has 2 aliphatic rings. The zero-order chi connectivity index (χ0) is 17.5. The van der Waals surface area contributed by atoms with Crippen LogP contribution in [0.4, 0.5) is 0 Å². The molecule has 2 aromatic carbocycles. The van der Waals surface area contributed by atoms with E-state index in [0.717, 1.165) is 48.4 Å². The Labute approximate surface area is 147 Å². The van der Waals surface area contributed by atoms with Crippen molar-refractivity contribution in [3.63, 3.8) is 0 Å². The number of primary sulfonamides is 1. The molecule has 0 unspecified atom stereocenters. The Kier molecular flexibility index (Phi) is 3.91. The van der Waals surface area contributed by atoms with Crippen LogP contribution < -0.4 is 15.2 Å². The van der Waals surface area contributed by atoms with Crippen LogP contribution in [-0.4, -0.2) is 27.1 Å². The molecule has 0 aliphatic carbocycles. The Balaban J connectivity index is 1.82. The largest absolute Gasteiger partial charge is 0.482 e. The Morgan fingerprint density at radius 3 is 2.36 bits per heavy atom. The highest BCUT2D eigenvalue weighted by atomic mass is 32.2. The summed E-state index contributed by atoms with van der Waals surface area (Å²) in [5.74, 6) is 0.873. The number of hydrogen-bond donors (Lipinski definition) is 2. The van der Waals surface area contributed by atoms with Gasteiger partial charge in [0.05, 0.1) is 4.90 Å². The number of para-hydroxylation sites is 1. The molecule has 5 nitrogen and oxygen atoms in total. The van der Waals surface area contributed by atoms with Crippen molar-refractivity contribution in [3.05, 3.63) is 65.7 Å². The molecule has 3 N–H and O–H groups in total. The van der Waals surface area contributed by atoms with E-state index in [-0.39, 0.29) is 10.5 Å². The Hall–Kier alpha value is -2.15. The number of piperidine rings is 1. The van der Waals surface area contributed by atoms with Crippen molar-refractivity contribution in [3.8, 4) is 5.75 Å². The summed E-state index contributed by atoms with van der Waals surface area (Å²) in [7, 11) is -3.69. The standard InChI is InChI=1S/C19H20N2O3S/c20-25(22,23)15-7-5-14(6-8-15)17-13-19(9-11-21-12-10-19)24-18-4-2-1-3-16(17)18/h1-8,13,21H,9-12H2,(H2,20,22,23). The number of hydrogen-bond acceptors (Lipinski definition) is 4. The van der Waals surface area contributed by atoms with Crippen LogP contribution in [0.25, 0.3) is 5.57 Å². The normalized spacial score (nSPS) is 19.0. The monoisotopic (exact) mass is 356 g/mol. The van der Waals surface area contributed by atoms with E-state index in [1.807, 2.05) is 36.4 Å². The maximum Gasteiger partial charge on any atom is 0.238 e. The molecule has 1 saturated heterocycles. The van der Waals surface area contributed by atoms with Gasteiger partial charge in [0.25, 0.3) is 0 Å². The van der Waals surface area contributed by atoms with Gasteiger partial charge in [-0.25, -0.2) is 13.6 Å². The van der Waals surface area contributed by atoms with Gasteiger partial charge in [-0.1, -0.05) is 30.3 Å². The fourth-order valence-electron chi connectivity index (χ4n) is 3.53. The first kappa shape index (κ1) is 16.3. The molecule has 2 aromatic rings. The van der Waals surface area contributed by atoms with Crippen LogP contribution in [0.2, 0.25) is 0 Å². The van der Waals surface area contributed by atoms with Crippen molar-refractivity contribution in [2.75, 3.05) is 13.1 Å². The lowest BCUT2D eigenvalue weighted by atomic mass is 9.83. The molecule has 25 heavy (non-hydrogen) atoms. The number of ether oxygens (including phenoxy) is 1. The molecule has 0 aromatic heterocycles. The Bertz CT molecular complexity index is 927. The average molecular weight is 356 g/mol. The van der Waals surface area contributed by atoms with E-state index in [1.165, 1.54) is 0 Å². The smallest absolute Gasteiger partial charge is 0.238 e. The molecule has 0 saturated carbocycles. The van der Waals surface area contributed by atoms with Gasteiger partial charge in [-0.05, 0) is 48.5 Å². The van der Waals surface area contributed by atoms with Gasteiger partial charge in [-0.2, -0.15) is 0 Å². The third-order valence-electron chi connectivity index (χ3n) is 4.84. The number of nitrogens with one attached hydrogen (secondary N) is 1. The third-order valence-corrected chi connectivity index (χ3v) is 5.77. The molecule has 0 amide bonds. The Morgan fingerprint density at radius 2 is 1.68 bits per heavy atom. The second-order valence-electron chi connectivity index (χ2n) is 6.54. The second kappa shape index (κ2) is 5.98. The first-order valence-corrected chi connectivity index (χ1v) is 9.87. The zero-order valence-corrected chi connectivity index (χ0v) is 14.6. The molecule has 6 heteroatoms. The highest BCUT2D eigenvalue weighted by Crippen LogP contribution is 2.42. The molecule has 4 rings (SSSR count). The third kappa shape index (κ3) is 3.08. The lowest BCUT2D eigenvalue weighted by molar-refractivity contribution is 0.0817. The van der Waals surface area contributed by atoms with Gasteiger partial charge in [-0.15, -0.1) is 0 Å². The highest BCUT2D eigenvalue weighted by molar-refractivity contribution is 7.89. The lowest BCUT2D eigenvalue weighted by Crippen LogP contribution is -2.46. The van der Waals surface area contributed by atoms with Crippen LogP contribution in [0.1, 0.15) is 24.0 Å². The van der Waals surface area contributed by atoms with E-state index in [9.17, 15) is 8.42 Å². The molecular weight excluding hydrogens is 336 g/mol. The van der Waals surface area contributed by atoms with Gasteiger partial charge >= 0.3 is 0 Å². The highest BCUT2D eigenvalue weighted by Gasteiger charge is 2.36. The summed E-state index contributed by atoms with van der Waals surface area (Å²) in [6.45, 7) is 1.83. The van der Waals surface area contributed by atoms with Crippen LogP contribution >= 0.6 is 0 Å². The summed E-state index contributed by atoms with van der Waals surface area (Å²) in [6, 6.07) is 14.7. The fourth-order valence-corrected chi connectivity index (χ4v) is 4.04. The average Bonchev–Trinajstić information content (AvgIpc) is 2.61. The molecular formula is C19H20N2O3S. The van der Waals surface area contributed by atoms with Crippen molar-refractivity contribution >= 4 is 15.6 Å². The summed E-state index contributed by atoms with van der Waals surface area (Å²) in [5.41, 5.74) is 2.74. The van der Waals surface area contributed by atoms with E-state index in [2.05, 4.69) is 11.4 Å². The minimum atomic E-state index is -3.69. The van der Waals surface area contributed by atoms with Gasteiger partial charge in [0.2, 0.25) is 10.0 Å². The minimum Gasteiger partial charge on any atom is -0.482 e. The fraction of sp³-hybridized carbons (Fsp3) is 0.263. The topological polar surface area (TPSA) is 81.4 Å². The van der Waals surface area contributed by atoms with Crippen molar-refractivity contribution in [2.24, 2.45) is 5.14 Å². The van der Waals surface area contributed by atoms with Gasteiger partial charge in [0.1, 0.15) is 11.4 Å². The zero-order valence-electron chi connectivity index (χ0n) is 13.7. The van der Waals surface area contributed by atoms with Crippen LogP contribution in [0.5, 0.6) is 5.75 Å². The van der Waals surface area contributed by atoms with Crippen LogP contribution in [-0.2, 0) is 10.0 Å². The number of fused-ring (bicyclic) bond motifs is 1. The predicted molar refractivity (Wildman–Crippen MR) is 96.8 cm³/mol. The maximum absolute atomic E-state index is 11.5. The van der Waals surface area contributed by atoms with E-state index in [1.54, 1.807) is 12.1 Å². The van der Waals surface area contributed by atoms with Crippen molar-refractivity contribution in [1.82, 2.24) is 5.32 Å². The number of nitrogens with two attached hydrogens (primary N) is 1. The quantitative estimate of drug-likeness (QED) is 0.865. The summed E-state index contributed by atoms with van der Waals surface area (Å²) in [5, 5.41) is 8.57. The molecule has 0 radical (unpaired) electrons. The molecule has 130 valence electrons. The van der Waals surface area contributed by atoms with Crippen LogP contribution in [0.15, 0.2) is 59.5 Å². The van der Waals surface area contributed by atoms with E-state index >= 15 is 0 Å². The first-order valence-electron chi connectivity index (χ1n) is 8.32. The lowest BCUT2D eigenvalue weighted by Gasteiger charge is -2.40. The summed E-state index contributed by atoms with van der Waals surface area (Å²) in [4.78, 5) is 0.119. The van der Waals surface area contributed by atoms with Gasteiger partial charge in [0.15, 0.2) is 0 Å². The molecule has 2 aliphatic heterocycles. The molecule has 0 atom stereocenters. The number of rotatable bonds is 2. The van der Waals surface area contributed by atoms with E-state index in [0.29, 0.717) is 0 Å². The van der Waals surface area contributed by atoms with Crippen LogP contribution in [0, 0.1) is 0 Å². The number of sulfonamides is 1. The molecule has 1 spiro atoms. The summed E-state index contributed by atoms with van der Waals surface area (Å²) in [6.07, 6.45) is 4.00. The van der Waals surface area contributed by atoms with Gasteiger partial charge in [-0.3, -0.25) is 0 Å². The molecule has 1 fully saturated rings. The predicted octanol–water partition coefficient (Wildman–Crippen LogP) is 2.28. The van der Waals surface area contributed by atoms with E-state index in [4.69, 9.17) is 9.88 Å².